The van der Waals surface area contributed by atoms with Crippen molar-refractivity contribution in [3.63, 3.8) is 0 Å². The molecule has 0 saturated heterocycles. The Morgan fingerprint density at radius 2 is 1.00 bits per heavy atom. The summed E-state index contributed by atoms with van der Waals surface area (Å²) in [5.41, 5.74) is 2.76. The second-order valence-corrected chi connectivity index (χ2v) is 12.5. The van der Waals surface area contributed by atoms with Gasteiger partial charge in [-0.2, -0.15) is 0 Å². The molecule has 0 aromatic heterocycles. The van der Waals surface area contributed by atoms with Crippen LogP contribution in [-0.4, -0.2) is 5.11 Å². The first-order chi connectivity index (χ1) is 18.2. The van der Waals surface area contributed by atoms with Crippen LogP contribution in [0, 0.1) is 0 Å². The van der Waals surface area contributed by atoms with Crippen LogP contribution in [0.1, 0.15) is 17.4 Å². The van der Waals surface area contributed by atoms with E-state index in [0.29, 0.717) is 5.02 Å². The first kappa shape index (κ1) is 25.0. The lowest BCUT2D eigenvalue weighted by molar-refractivity contribution is 0.155. The van der Waals surface area contributed by atoms with Crippen molar-refractivity contribution in [3.05, 3.63) is 167 Å². The molecule has 0 radical (unpaired) electrons. The summed E-state index contributed by atoms with van der Waals surface area (Å²) in [7, 11) is -2.46. The summed E-state index contributed by atoms with van der Waals surface area (Å²) in [6.45, 7) is 0. The zero-order chi connectivity index (χ0) is 25.5. The molecule has 0 spiro atoms. The molecule has 182 valence electrons. The predicted molar refractivity (Wildman–Crippen MR) is 159 cm³/mol. The van der Waals surface area contributed by atoms with Crippen molar-refractivity contribution >= 4 is 40.9 Å². The van der Waals surface area contributed by atoms with Crippen molar-refractivity contribution in [2.24, 2.45) is 0 Å². The highest BCUT2D eigenvalue weighted by molar-refractivity contribution is 7.99. The largest absolute Gasteiger partial charge is 0.369 e. The van der Waals surface area contributed by atoms with Gasteiger partial charge >= 0.3 is 0 Å². The predicted octanol–water partition coefficient (Wildman–Crippen LogP) is 6.91. The number of benzene rings is 5. The number of halogens is 1. The molecule has 0 bridgehead atoms. The Morgan fingerprint density at radius 1 is 0.595 bits per heavy atom. The number of hydrogen-bond donors (Lipinski definition) is 2. The topological polar surface area (TPSA) is 32.3 Å². The van der Waals surface area contributed by atoms with Gasteiger partial charge in [0.25, 0.3) is 0 Å². The minimum Gasteiger partial charge on any atom is -0.369 e. The Kier molecular flexibility index (Phi) is 7.82. The van der Waals surface area contributed by atoms with Crippen LogP contribution in [0.4, 0.5) is 0 Å². The quantitative estimate of drug-likeness (QED) is 0.172. The minimum absolute atomic E-state index is 0.686. The van der Waals surface area contributed by atoms with Crippen molar-refractivity contribution < 1.29 is 5.11 Å². The molecule has 0 heterocycles. The third kappa shape index (κ3) is 5.38. The summed E-state index contributed by atoms with van der Waals surface area (Å²) in [6, 6.07) is 49.3. The van der Waals surface area contributed by atoms with Crippen molar-refractivity contribution in [3.8, 4) is 0 Å². The van der Waals surface area contributed by atoms with E-state index >= 15 is 0 Å². The molecular weight excluding hydrogens is 493 g/mol. The lowest BCUT2D eigenvalue weighted by Crippen LogP contribution is -2.37. The molecule has 4 heteroatoms. The molecule has 1 unspecified atom stereocenters. The summed E-state index contributed by atoms with van der Waals surface area (Å²) in [5, 5.41) is 19.3. The van der Waals surface area contributed by atoms with Crippen LogP contribution in [0.5, 0.6) is 0 Å². The highest BCUT2D eigenvalue weighted by atomic mass is 35.5. The molecule has 0 aliphatic heterocycles. The number of aliphatic hydroxyl groups is 1. The lowest BCUT2D eigenvalue weighted by Gasteiger charge is -2.31. The van der Waals surface area contributed by atoms with E-state index in [1.54, 1.807) is 0 Å². The van der Waals surface area contributed by atoms with E-state index < -0.39 is 13.5 Å². The summed E-state index contributed by atoms with van der Waals surface area (Å²) in [5.74, 6) is 0. The van der Waals surface area contributed by atoms with E-state index in [2.05, 4.69) is 84.2 Å². The van der Waals surface area contributed by atoms with E-state index in [1.165, 1.54) is 15.9 Å². The first-order valence-corrected chi connectivity index (χ1v) is 14.4. The second kappa shape index (κ2) is 11.6. The van der Waals surface area contributed by atoms with Crippen LogP contribution in [0.25, 0.3) is 6.08 Å². The highest BCUT2D eigenvalue weighted by Crippen LogP contribution is 2.62. The van der Waals surface area contributed by atoms with Gasteiger partial charge in [-0.1, -0.05) is 109 Å². The molecule has 0 aliphatic rings. The number of hydrogen-bond acceptors (Lipinski definition) is 2. The maximum Gasteiger partial charge on any atom is 0.175 e. The zero-order valence-corrected chi connectivity index (χ0v) is 21.9. The second-order valence-electron chi connectivity index (χ2n) is 8.72. The number of nitrogens with one attached hydrogen (secondary N) is 1. The van der Waals surface area contributed by atoms with Gasteiger partial charge in [0.2, 0.25) is 0 Å². The fraction of sp³-hybridized carbons (Fsp3) is 0.0303. The van der Waals surface area contributed by atoms with Gasteiger partial charge in [0.05, 0.1) is 0 Å². The normalized spacial score (nSPS) is 12.6. The fourth-order valence-electron chi connectivity index (χ4n) is 4.63. The molecule has 5 aromatic carbocycles. The average Bonchev–Trinajstić information content (AvgIpc) is 2.97. The Labute approximate surface area is 224 Å². The molecule has 5 aromatic rings. The number of aliphatic hydroxyl groups excluding tert-OH is 1. The molecule has 0 aliphatic carbocycles. The SMILES string of the molecule is OC(NC(=Cc1ccc(Cl)cc1)[P+](c1ccccc1)(c1ccccc1)c1ccccc1)c1ccccc1. The Balaban J connectivity index is 1.82. The van der Waals surface area contributed by atoms with Crippen LogP contribution >= 0.6 is 18.9 Å². The average molecular weight is 521 g/mol. The van der Waals surface area contributed by atoms with Gasteiger partial charge in [0.1, 0.15) is 15.9 Å². The smallest absolute Gasteiger partial charge is 0.175 e. The third-order valence-corrected chi connectivity index (χ3v) is 10.8. The minimum atomic E-state index is -2.46. The van der Waals surface area contributed by atoms with Crippen LogP contribution < -0.4 is 21.2 Å². The fourth-order valence-corrected chi connectivity index (χ4v) is 9.00. The van der Waals surface area contributed by atoms with E-state index in [0.717, 1.165) is 16.6 Å². The van der Waals surface area contributed by atoms with Crippen LogP contribution in [0.3, 0.4) is 0 Å². The molecule has 2 N–H and O–H groups in total. The third-order valence-electron chi connectivity index (χ3n) is 6.37. The summed E-state index contributed by atoms with van der Waals surface area (Å²) < 4.78 is 0. The van der Waals surface area contributed by atoms with Gasteiger partial charge in [-0.3, -0.25) is 0 Å². The Hall–Kier alpha value is -3.68. The number of rotatable bonds is 8. The first-order valence-electron chi connectivity index (χ1n) is 12.2. The highest BCUT2D eigenvalue weighted by Gasteiger charge is 2.50. The van der Waals surface area contributed by atoms with Gasteiger partial charge in [0.15, 0.2) is 18.9 Å². The molecule has 5 rings (SSSR count). The van der Waals surface area contributed by atoms with Crippen molar-refractivity contribution in [1.29, 1.82) is 0 Å². The van der Waals surface area contributed by atoms with Crippen molar-refractivity contribution in [2.45, 2.75) is 6.23 Å². The van der Waals surface area contributed by atoms with E-state index in [4.69, 9.17) is 11.6 Å². The van der Waals surface area contributed by atoms with Crippen molar-refractivity contribution in [2.75, 3.05) is 0 Å². The van der Waals surface area contributed by atoms with Crippen LogP contribution in [0.2, 0.25) is 5.02 Å². The van der Waals surface area contributed by atoms with Crippen molar-refractivity contribution in [1.82, 2.24) is 5.32 Å². The maximum absolute atomic E-state index is 11.5. The molecular formula is C33H28ClNOP+. The Morgan fingerprint density at radius 3 is 1.43 bits per heavy atom. The molecule has 1 atom stereocenters. The molecule has 0 fully saturated rings. The van der Waals surface area contributed by atoms with Gasteiger partial charge in [-0.05, 0) is 54.1 Å². The van der Waals surface area contributed by atoms with Gasteiger partial charge < -0.3 is 10.4 Å². The van der Waals surface area contributed by atoms with Gasteiger partial charge in [-0.25, -0.2) is 0 Å². The monoisotopic (exact) mass is 520 g/mol. The van der Waals surface area contributed by atoms with Gasteiger partial charge in [0, 0.05) is 16.7 Å². The lowest BCUT2D eigenvalue weighted by atomic mass is 10.2. The van der Waals surface area contributed by atoms with E-state index in [1.807, 2.05) is 72.8 Å². The van der Waals surface area contributed by atoms with E-state index in [-0.39, 0.29) is 0 Å². The molecule has 0 amide bonds. The zero-order valence-electron chi connectivity index (χ0n) is 20.3. The Bertz CT molecular complexity index is 1340. The summed E-state index contributed by atoms with van der Waals surface area (Å²) in [4.78, 5) is 0. The molecule has 2 nitrogen and oxygen atoms in total. The van der Waals surface area contributed by atoms with Gasteiger partial charge in [-0.15, -0.1) is 0 Å². The molecule has 0 saturated carbocycles. The van der Waals surface area contributed by atoms with E-state index in [9.17, 15) is 5.11 Å². The maximum atomic E-state index is 11.5. The van der Waals surface area contributed by atoms with Crippen LogP contribution in [0.15, 0.2) is 151 Å². The standard InChI is InChI=1S/C33H28ClNOP/c34-28-23-21-26(22-24-28)25-32(35-33(36)27-13-5-1-6-14-27)37(29-15-7-2-8-16-29,30-17-9-3-10-18-30)31-19-11-4-12-20-31/h1-25,33,35-36H/q+1. The molecule has 37 heavy (non-hydrogen) atoms. The summed E-state index contributed by atoms with van der Waals surface area (Å²) in [6.07, 6.45) is 1.26. The van der Waals surface area contributed by atoms with Crippen LogP contribution in [-0.2, 0) is 0 Å². The summed E-state index contributed by atoms with van der Waals surface area (Å²) >= 11 is 6.22.